The maximum atomic E-state index is 12.5. The molecule has 1 aliphatic rings. The number of nitrogens with zero attached hydrogens (tertiary/aromatic N) is 2. The zero-order chi connectivity index (χ0) is 20.1. The van der Waals surface area contributed by atoms with E-state index in [2.05, 4.69) is 9.62 Å². The minimum atomic E-state index is -3.43. The van der Waals surface area contributed by atoms with Gasteiger partial charge in [-0.3, -0.25) is 4.79 Å². The van der Waals surface area contributed by atoms with E-state index in [-0.39, 0.29) is 10.8 Å². The highest BCUT2D eigenvalue weighted by Gasteiger charge is 2.21. The second kappa shape index (κ2) is 8.94. The molecular weight excluding hydrogens is 398 g/mol. The molecule has 6 nitrogen and oxygen atoms in total. The van der Waals surface area contributed by atoms with E-state index in [0.717, 1.165) is 24.3 Å². The van der Waals surface area contributed by atoms with E-state index in [0.29, 0.717) is 31.0 Å². The maximum Gasteiger partial charge on any atom is 0.240 e. The number of hydrogen-bond acceptors (Lipinski definition) is 4. The van der Waals surface area contributed by atoms with Gasteiger partial charge in [0.1, 0.15) is 0 Å². The standard InChI is InChI=1S/C20H24ClN3O3S/c1-22-28(26,27)19-9-2-16(3-10-19)4-11-20(25)24-14-12-23(13-15-24)18-7-5-17(21)6-8-18/h2-3,5-10,22H,4,11-15H2,1H3. The molecule has 1 aliphatic heterocycles. The van der Waals surface area contributed by atoms with Crippen molar-refractivity contribution in [3.63, 3.8) is 0 Å². The molecule has 0 unspecified atom stereocenters. The van der Waals surface area contributed by atoms with E-state index in [9.17, 15) is 13.2 Å². The van der Waals surface area contributed by atoms with Crippen molar-refractivity contribution in [1.29, 1.82) is 0 Å². The first kappa shape index (κ1) is 20.6. The van der Waals surface area contributed by atoms with Gasteiger partial charge in [0.15, 0.2) is 0 Å². The topological polar surface area (TPSA) is 69.7 Å². The van der Waals surface area contributed by atoms with Crippen LogP contribution in [0.5, 0.6) is 0 Å². The van der Waals surface area contributed by atoms with Crippen molar-refractivity contribution in [3.05, 3.63) is 59.1 Å². The molecule has 1 heterocycles. The summed E-state index contributed by atoms with van der Waals surface area (Å²) >= 11 is 5.93. The number of carbonyl (C=O) groups excluding carboxylic acids is 1. The molecule has 28 heavy (non-hydrogen) atoms. The molecule has 1 saturated heterocycles. The van der Waals surface area contributed by atoms with Crippen LogP contribution in [0, 0.1) is 0 Å². The number of carbonyl (C=O) groups is 1. The number of halogens is 1. The molecule has 3 rings (SSSR count). The van der Waals surface area contributed by atoms with Crippen LogP contribution in [0.3, 0.4) is 0 Å². The van der Waals surface area contributed by atoms with E-state index in [1.807, 2.05) is 29.2 Å². The van der Waals surface area contributed by atoms with Crippen LogP contribution in [0.2, 0.25) is 5.02 Å². The van der Waals surface area contributed by atoms with Gasteiger partial charge in [-0.2, -0.15) is 0 Å². The van der Waals surface area contributed by atoms with Gasteiger partial charge in [0.25, 0.3) is 0 Å². The molecule has 150 valence electrons. The number of rotatable bonds is 6. The SMILES string of the molecule is CNS(=O)(=O)c1ccc(CCC(=O)N2CCN(c3ccc(Cl)cc3)CC2)cc1. The molecule has 1 amide bonds. The van der Waals surface area contributed by atoms with Crippen LogP contribution in [-0.2, 0) is 21.2 Å². The Balaban J connectivity index is 1.49. The Morgan fingerprint density at radius 1 is 1.00 bits per heavy atom. The van der Waals surface area contributed by atoms with Crippen LogP contribution in [0.25, 0.3) is 0 Å². The molecule has 0 radical (unpaired) electrons. The first-order chi connectivity index (χ1) is 13.4. The van der Waals surface area contributed by atoms with Crippen LogP contribution >= 0.6 is 11.6 Å². The first-order valence-electron chi connectivity index (χ1n) is 9.20. The summed E-state index contributed by atoms with van der Waals surface area (Å²) in [7, 11) is -2.05. The van der Waals surface area contributed by atoms with Crippen molar-refractivity contribution in [2.24, 2.45) is 0 Å². The molecule has 1 fully saturated rings. The highest BCUT2D eigenvalue weighted by Crippen LogP contribution is 2.20. The van der Waals surface area contributed by atoms with Gasteiger partial charge in [0.05, 0.1) is 4.90 Å². The van der Waals surface area contributed by atoms with E-state index in [1.54, 1.807) is 24.3 Å². The lowest BCUT2D eigenvalue weighted by molar-refractivity contribution is -0.131. The third kappa shape index (κ3) is 5.04. The second-order valence-electron chi connectivity index (χ2n) is 6.70. The van der Waals surface area contributed by atoms with E-state index in [1.165, 1.54) is 7.05 Å². The summed E-state index contributed by atoms with van der Waals surface area (Å²) in [6, 6.07) is 14.4. The monoisotopic (exact) mass is 421 g/mol. The molecular formula is C20H24ClN3O3S. The fourth-order valence-electron chi connectivity index (χ4n) is 3.23. The largest absolute Gasteiger partial charge is 0.368 e. The average Bonchev–Trinajstić information content (AvgIpc) is 2.73. The Kier molecular flexibility index (Phi) is 6.59. The molecule has 0 aliphatic carbocycles. The Morgan fingerprint density at radius 2 is 1.61 bits per heavy atom. The minimum Gasteiger partial charge on any atom is -0.368 e. The molecule has 0 saturated carbocycles. The molecule has 8 heteroatoms. The smallest absolute Gasteiger partial charge is 0.240 e. The Hall–Kier alpha value is -2.09. The van der Waals surface area contributed by atoms with Gasteiger partial charge >= 0.3 is 0 Å². The number of nitrogens with one attached hydrogen (secondary N) is 1. The number of hydrogen-bond donors (Lipinski definition) is 1. The van der Waals surface area contributed by atoms with Crippen molar-refractivity contribution in [2.45, 2.75) is 17.7 Å². The van der Waals surface area contributed by atoms with Gasteiger partial charge < -0.3 is 9.80 Å². The Morgan fingerprint density at radius 3 is 2.18 bits per heavy atom. The third-order valence-corrected chi connectivity index (χ3v) is 6.64. The lowest BCUT2D eigenvalue weighted by Crippen LogP contribution is -2.48. The van der Waals surface area contributed by atoms with Crippen molar-refractivity contribution >= 4 is 33.2 Å². The molecule has 0 bridgehead atoms. The number of aryl methyl sites for hydroxylation is 1. The summed E-state index contributed by atoms with van der Waals surface area (Å²) in [4.78, 5) is 16.9. The van der Waals surface area contributed by atoms with Crippen LogP contribution in [-0.4, -0.2) is 52.5 Å². The zero-order valence-electron chi connectivity index (χ0n) is 15.8. The average molecular weight is 422 g/mol. The number of anilines is 1. The fourth-order valence-corrected chi connectivity index (χ4v) is 4.08. The normalized spacial score (nSPS) is 14.9. The van der Waals surface area contributed by atoms with Crippen molar-refractivity contribution in [1.82, 2.24) is 9.62 Å². The number of piperazine rings is 1. The van der Waals surface area contributed by atoms with Crippen LogP contribution in [0.15, 0.2) is 53.4 Å². The van der Waals surface area contributed by atoms with Gasteiger partial charge in [-0.05, 0) is 55.4 Å². The molecule has 1 N–H and O–H groups in total. The summed E-state index contributed by atoms with van der Waals surface area (Å²) < 4.78 is 25.8. The second-order valence-corrected chi connectivity index (χ2v) is 9.02. The van der Waals surface area contributed by atoms with Crippen LogP contribution in [0.4, 0.5) is 5.69 Å². The summed E-state index contributed by atoms with van der Waals surface area (Å²) in [6.45, 7) is 2.98. The summed E-state index contributed by atoms with van der Waals surface area (Å²) in [6.07, 6.45) is 1.01. The maximum absolute atomic E-state index is 12.5. The number of sulfonamides is 1. The summed E-state index contributed by atoms with van der Waals surface area (Å²) in [5.74, 6) is 0.127. The molecule has 2 aromatic carbocycles. The van der Waals surface area contributed by atoms with E-state index < -0.39 is 10.0 Å². The Labute approximate surface area is 171 Å². The molecule has 0 atom stereocenters. The van der Waals surface area contributed by atoms with Gasteiger partial charge in [-0.25, -0.2) is 13.1 Å². The predicted octanol–water partition coefficient (Wildman–Crippen LogP) is 2.53. The zero-order valence-corrected chi connectivity index (χ0v) is 17.3. The number of amides is 1. The third-order valence-electron chi connectivity index (χ3n) is 4.95. The molecule has 0 spiro atoms. The van der Waals surface area contributed by atoms with Gasteiger partial charge in [-0.15, -0.1) is 0 Å². The van der Waals surface area contributed by atoms with Crippen molar-refractivity contribution < 1.29 is 13.2 Å². The highest BCUT2D eigenvalue weighted by atomic mass is 35.5. The van der Waals surface area contributed by atoms with Gasteiger partial charge in [-0.1, -0.05) is 23.7 Å². The van der Waals surface area contributed by atoms with Crippen molar-refractivity contribution in [3.8, 4) is 0 Å². The fraction of sp³-hybridized carbons (Fsp3) is 0.350. The highest BCUT2D eigenvalue weighted by molar-refractivity contribution is 7.89. The van der Waals surface area contributed by atoms with E-state index >= 15 is 0 Å². The predicted molar refractivity (Wildman–Crippen MR) is 111 cm³/mol. The van der Waals surface area contributed by atoms with Crippen LogP contribution < -0.4 is 9.62 Å². The van der Waals surface area contributed by atoms with Gasteiger partial charge in [0, 0.05) is 43.3 Å². The first-order valence-corrected chi connectivity index (χ1v) is 11.1. The van der Waals surface area contributed by atoms with Gasteiger partial charge in [0.2, 0.25) is 15.9 Å². The lowest BCUT2D eigenvalue weighted by atomic mass is 10.1. The molecule has 0 aromatic heterocycles. The number of benzene rings is 2. The summed E-state index contributed by atoms with van der Waals surface area (Å²) in [5, 5.41) is 0.717. The Bertz CT molecular complexity index is 907. The minimum absolute atomic E-state index is 0.127. The van der Waals surface area contributed by atoms with E-state index in [4.69, 9.17) is 11.6 Å². The van der Waals surface area contributed by atoms with Crippen molar-refractivity contribution in [2.75, 3.05) is 38.1 Å². The summed E-state index contributed by atoms with van der Waals surface area (Å²) in [5.41, 5.74) is 2.07. The quantitative estimate of drug-likeness (QED) is 0.778. The molecule has 2 aromatic rings. The lowest BCUT2D eigenvalue weighted by Gasteiger charge is -2.36. The van der Waals surface area contributed by atoms with Crippen LogP contribution in [0.1, 0.15) is 12.0 Å².